The minimum absolute atomic E-state index is 0.0466. The van der Waals surface area contributed by atoms with Crippen LogP contribution in [0.5, 0.6) is 11.5 Å². The summed E-state index contributed by atoms with van der Waals surface area (Å²) in [4.78, 5) is 16.4. The predicted molar refractivity (Wildman–Crippen MR) is 110 cm³/mol. The van der Waals surface area contributed by atoms with Crippen LogP contribution in [0.2, 0.25) is 0 Å². The second-order valence-corrected chi connectivity index (χ2v) is 6.45. The molecule has 1 aromatic heterocycles. The highest BCUT2D eigenvalue weighted by atomic mass is 16.5. The molecule has 3 rings (SSSR count). The highest BCUT2D eigenvalue weighted by Crippen LogP contribution is 2.19. The van der Waals surface area contributed by atoms with E-state index in [-0.39, 0.29) is 5.91 Å². The lowest BCUT2D eigenvalue weighted by molar-refractivity contribution is -0.116. The van der Waals surface area contributed by atoms with E-state index in [1.165, 1.54) is 0 Å². The Balaban J connectivity index is 1.41. The first-order valence-corrected chi connectivity index (χ1v) is 9.31. The lowest BCUT2D eigenvalue weighted by Gasteiger charge is -2.10. The van der Waals surface area contributed by atoms with Crippen molar-refractivity contribution in [1.29, 1.82) is 0 Å². The summed E-state index contributed by atoms with van der Waals surface area (Å²) in [5.74, 6) is 1.47. The Morgan fingerprint density at radius 2 is 1.79 bits per heavy atom. The van der Waals surface area contributed by atoms with Crippen LogP contribution in [0.15, 0.2) is 72.9 Å². The predicted octanol–water partition coefficient (Wildman–Crippen LogP) is 4.77. The average Bonchev–Trinajstić information content (AvgIpc) is 2.71. The number of anilines is 1. The van der Waals surface area contributed by atoms with E-state index in [1.54, 1.807) is 6.20 Å². The molecule has 0 spiro atoms. The van der Waals surface area contributed by atoms with E-state index in [0.717, 1.165) is 17.0 Å². The Morgan fingerprint density at radius 3 is 2.57 bits per heavy atom. The Morgan fingerprint density at radius 1 is 0.964 bits per heavy atom. The van der Waals surface area contributed by atoms with Crippen LogP contribution in [0.3, 0.4) is 0 Å². The first-order chi connectivity index (χ1) is 13.7. The number of rotatable bonds is 9. The van der Waals surface area contributed by atoms with E-state index in [4.69, 9.17) is 9.47 Å². The summed E-state index contributed by atoms with van der Waals surface area (Å²) in [7, 11) is 0. The Hall–Kier alpha value is -3.34. The average molecular weight is 376 g/mol. The molecule has 0 aliphatic carbocycles. The molecule has 1 amide bonds. The number of carbonyl (C=O) groups excluding carboxylic acids is 1. The number of aromatic nitrogens is 1. The van der Waals surface area contributed by atoms with Crippen molar-refractivity contribution in [2.45, 2.75) is 26.4 Å². The van der Waals surface area contributed by atoms with Crippen molar-refractivity contribution in [1.82, 2.24) is 4.98 Å². The normalized spacial score (nSPS) is 10.3. The Labute approximate surface area is 165 Å². The summed E-state index contributed by atoms with van der Waals surface area (Å²) >= 11 is 0. The van der Waals surface area contributed by atoms with Crippen molar-refractivity contribution < 1.29 is 14.3 Å². The fraction of sp³-hybridized carbons (Fsp3) is 0.217. The summed E-state index contributed by atoms with van der Waals surface area (Å²) in [5, 5.41) is 2.90. The number of hydrogen-bond donors (Lipinski definition) is 1. The van der Waals surface area contributed by atoms with Crippen molar-refractivity contribution in [2.75, 3.05) is 11.9 Å². The second kappa shape index (κ2) is 10.1. The molecule has 0 bridgehead atoms. The van der Waals surface area contributed by atoms with Crippen LogP contribution in [-0.2, 0) is 11.4 Å². The maximum Gasteiger partial charge on any atom is 0.224 e. The van der Waals surface area contributed by atoms with Crippen molar-refractivity contribution in [3.8, 4) is 11.5 Å². The minimum atomic E-state index is -0.0466. The maximum absolute atomic E-state index is 12.2. The van der Waals surface area contributed by atoms with Gasteiger partial charge in [0.05, 0.1) is 12.3 Å². The van der Waals surface area contributed by atoms with E-state index in [1.807, 2.05) is 73.7 Å². The third-order valence-electron chi connectivity index (χ3n) is 4.04. The van der Waals surface area contributed by atoms with E-state index in [9.17, 15) is 4.79 Å². The van der Waals surface area contributed by atoms with Gasteiger partial charge in [0.25, 0.3) is 0 Å². The quantitative estimate of drug-likeness (QED) is 0.547. The highest BCUT2D eigenvalue weighted by Gasteiger charge is 2.05. The van der Waals surface area contributed by atoms with Gasteiger partial charge in [-0.2, -0.15) is 0 Å². The van der Waals surface area contributed by atoms with Crippen LogP contribution >= 0.6 is 0 Å². The molecule has 0 unspecified atom stereocenters. The number of pyridine rings is 1. The molecule has 0 fully saturated rings. The van der Waals surface area contributed by atoms with Gasteiger partial charge in [0.1, 0.15) is 18.1 Å². The molecule has 144 valence electrons. The molecule has 5 nitrogen and oxygen atoms in total. The maximum atomic E-state index is 12.2. The number of ether oxygens (including phenoxy) is 2. The number of aryl methyl sites for hydroxylation is 1. The summed E-state index contributed by atoms with van der Waals surface area (Å²) in [6.07, 6.45) is 2.78. The molecule has 0 aliphatic heterocycles. The van der Waals surface area contributed by atoms with Crippen LogP contribution in [0, 0.1) is 6.92 Å². The van der Waals surface area contributed by atoms with Crippen LogP contribution in [0.25, 0.3) is 0 Å². The summed E-state index contributed by atoms with van der Waals surface area (Å²) in [6.45, 7) is 2.91. The second-order valence-electron chi connectivity index (χ2n) is 6.45. The minimum Gasteiger partial charge on any atom is -0.494 e. The molecule has 1 N–H and O–H groups in total. The monoisotopic (exact) mass is 376 g/mol. The summed E-state index contributed by atoms with van der Waals surface area (Å²) in [5.41, 5.74) is 2.72. The number of amides is 1. The van der Waals surface area contributed by atoms with Gasteiger partial charge >= 0.3 is 0 Å². The van der Waals surface area contributed by atoms with E-state index in [0.29, 0.717) is 37.5 Å². The van der Waals surface area contributed by atoms with Crippen molar-refractivity contribution in [3.63, 3.8) is 0 Å². The third-order valence-corrected chi connectivity index (χ3v) is 4.04. The van der Waals surface area contributed by atoms with Crippen LogP contribution < -0.4 is 14.8 Å². The molecule has 28 heavy (non-hydrogen) atoms. The lowest BCUT2D eigenvalue weighted by atomic mass is 10.2. The summed E-state index contributed by atoms with van der Waals surface area (Å²) in [6, 6.07) is 20.9. The van der Waals surface area contributed by atoms with Gasteiger partial charge in [-0.1, -0.05) is 24.3 Å². The largest absolute Gasteiger partial charge is 0.494 e. The highest BCUT2D eigenvalue weighted by molar-refractivity contribution is 5.90. The molecule has 1 heterocycles. The number of nitrogens with zero attached hydrogens (tertiary/aromatic N) is 1. The number of nitrogens with one attached hydrogen (secondary N) is 1. The zero-order valence-corrected chi connectivity index (χ0v) is 15.9. The smallest absolute Gasteiger partial charge is 0.224 e. The fourth-order valence-corrected chi connectivity index (χ4v) is 2.66. The van der Waals surface area contributed by atoms with Gasteiger partial charge in [0.15, 0.2) is 0 Å². The van der Waals surface area contributed by atoms with Gasteiger partial charge < -0.3 is 14.8 Å². The Kier molecular flexibility index (Phi) is 7.01. The van der Waals surface area contributed by atoms with Crippen molar-refractivity contribution in [3.05, 3.63) is 84.2 Å². The summed E-state index contributed by atoms with van der Waals surface area (Å²) < 4.78 is 11.4. The molecule has 3 aromatic rings. The SMILES string of the molecule is Cc1cccc(OCCCC(=O)Nc2cccc(OCc3ccccn3)c2)c1. The number of benzene rings is 2. The van der Waals surface area contributed by atoms with E-state index < -0.39 is 0 Å². The molecule has 0 saturated carbocycles. The molecular formula is C23H24N2O3. The van der Waals surface area contributed by atoms with Crippen LogP contribution in [0.1, 0.15) is 24.1 Å². The number of carbonyl (C=O) groups is 1. The molecular weight excluding hydrogens is 352 g/mol. The van der Waals surface area contributed by atoms with E-state index in [2.05, 4.69) is 10.3 Å². The van der Waals surface area contributed by atoms with Crippen LogP contribution in [0.4, 0.5) is 5.69 Å². The first kappa shape index (κ1) is 19.4. The zero-order valence-electron chi connectivity index (χ0n) is 15.9. The fourth-order valence-electron chi connectivity index (χ4n) is 2.66. The van der Waals surface area contributed by atoms with Crippen molar-refractivity contribution >= 4 is 11.6 Å². The van der Waals surface area contributed by atoms with Gasteiger partial charge in [-0.25, -0.2) is 0 Å². The number of hydrogen-bond acceptors (Lipinski definition) is 4. The standard InChI is InChI=1S/C23H24N2O3/c1-18-7-4-10-21(15-18)27-14-6-12-23(26)25-19-9-5-11-22(16-19)28-17-20-8-2-3-13-24-20/h2-5,7-11,13,15-16H,6,12,14,17H2,1H3,(H,25,26). The molecule has 0 radical (unpaired) electrons. The molecule has 0 saturated heterocycles. The van der Waals surface area contributed by atoms with Gasteiger partial charge in [0.2, 0.25) is 5.91 Å². The van der Waals surface area contributed by atoms with Gasteiger partial charge in [0, 0.05) is 24.4 Å². The first-order valence-electron chi connectivity index (χ1n) is 9.31. The van der Waals surface area contributed by atoms with Gasteiger partial charge in [-0.3, -0.25) is 9.78 Å². The molecule has 0 aliphatic rings. The van der Waals surface area contributed by atoms with Gasteiger partial charge in [-0.15, -0.1) is 0 Å². The molecule has 0 atom stereocenters. The van der Waals surface area contributed by atoms with Crippen molar-refractivity contribution in [2.24, 2.45) is 0 Å². The zero-order chi connectivity index (χ0) is 19.6. The Bertz CT molecular complexity index is 897. The molecule has 5 heteroatoms. The van der Waals surface area contributed by atoms with E-state index >= 15 is 0 Å². The van der Waals surface area contributed by atoms with Gasteiger partial charge in [-0.05, 0) is 55.3 Å². The third kappa shape index (κ3) is 6.43. The van der Waals surface area contributed by atoms with Crippen LogP contribution in [-0.4, -0.2) is 17.5 Å². The molecule has 2 aromatic carbocycles. The lowest BCUT2D eigenvalue weighted by Crippen LogP contribution is -2.13. The topological polar surface area (TPSA) is 60.5 Å².